The van der Waals surface area contributed by atoms with E-state index in [0.717, 1.165) is 55.7 Å². The number of carboxylic acids is 1. The monoisotopic (exact) mass is 822 g/mol. The topological polar surface area (TPSA) is 260 Å². The summed E-state index contributed by atoms with van der Waals surface area (Å²) in [4.78, 5) is 63.6. The average Bonchev–Trinajstić information content (AvgIpc) is 3.94. The van der Waals surface area contributed by atoms with Crippen LogP contribution in [0, 0.1) is 5.92 Å². The molecule has 3 aromatic rings. The summed E-state index contributed by atoms with van der Waals surface area (Å²) in [6, 6.07) is 2.58. The van der Waals surface area contributed by atoms with Crippen molar-refractivity contribution >= 4 is 74.8 Å². The minimum atomic E-state index is -1.84. The third-order valence-corrected chi connectivity index (χ3v) is 13.5. The summed E-state index contributed by atoms with van der Waals surface area (Å²) < 4.78 is 0.678. The standard InChI is InChI=1S/C33H37ClN10O8S2.Na/c1-32(2,30(50)51)52-40-23(21-12-36-31(35)54-21)20(46)11-18-28(49)43-24(26-38-41-42-39-26)16(14-53-29(18)43)13-44-9-3-7-33(44,8-4-10-44)15-37-27(48)17-5-6-19(45)25(47)22(17)34;/h5-6,12,18,29H,3-4,7-11,13-15H2,1-2H3,(H6-,35,36,37,38,39,40,41,42,45,46,47,48,50,51);/q;+1/p-1/t18-,29-,33?,44?;/m1./s1. The normalized spacial score (nSPS) is 24.8. The second-order valence-electron chi connectivity index (χ2n) is 14.3. The second kappa shape index (κ2) is 15.6. The van der Waals surface area contributed by atoms with Gasteiger partial charge in [0.2, 0.25) is 5.91 Å². The number of rotatable bonds is 13. The summed E-state index contributed by atoms with van der Waals surface area (Å²) in [6.07, 6.45) is 4.67. The number of carboxylic acid groups (broad SMARTS) is 1. The van der Waals surface area contributed by atoms with E-state index in [0.29, 0.717) is 29.0 Å². The summed E-state index contributed by atoms with van der Waals surface area (Å²) in [5.41, 5.74) is 4.94. The Hall–Kier alpha value is -3.79. The van der Waals surface area contributed by atoms with Crippen molar-refractivity contribution in [3.05, 3.63) is 45.2 Å². The SMILES string of the molecule is CC(C)(O/N=C(\C(=O)C[C@@H]1C(=O)N2C(c3nnn[n-]3)=C(C[N+]34CCCC3(CNC(=O)c3ccc(O)c(O)c3Cl)CCC4)CS[C@H]12)c1cnc(N)s1)C(=O)[O-].[Na+]. The van der Waals surface area contributed by atoms with Crippen LogP contribution in [0.5, 0.6) is 11.5 Å². The smallest absolute Gasteiger partial charge is 0.546 e. The number of nitrogen functional groups attached to an aromatic ring is 1. The number of carbonyl (C=O) groups is 4. The number of nitrogens with zero attached hydrogens (tertiary/aromatic N) is 8. The Morgan fingerprint density at radius 1 is 1.25 bits per heavy atom. The maximum atomic E-state index is 14.0. The number of halogens is 1. The molecule has 0 bridgehead atoms. The van der Waals surface area contributed by atoms with Crippen molar-refractivity contribution in [1.82, 2.24) is 35.8 Å². The molecule has 55 heavy (non-hydrogen) atoms. The Labute approximate surface area is 349 Å². The number of quaternary nitrogens is 1. The molecule has 18 nitrogen and oxygen atoms in total. The van der Waals surface area contributed by atoms with Crippen LogP contribution >= 0.6 is 34.7 Å². The number of amides is 2. The third-order valence-electron chi connectivity index (χ3n) is 10.8. The van der Waals surface area contributed by atoms with E-state index in [9.17, 15) is 34.5 Å². The van der Waals surface area contributed by atoms with Crippen molar-refractivity contribution in [2.45, 2.75) is 62.5 Å². The summed E-state index contributed by atoms with van der Waals surface area (Å²) >= 11 is 8.67. The molecule has 4 aliphatic heterocycles. The van der Waals surface area contributed by atoms with Gasteiger partial charge in [0, 0.05) is 49.6 Å². The molecule has 3 saturated heterocycles. The number of thioether (sulfide) groups is 1. The van der Waals surface area contributed by atoms with Crippen molar-refractivity contribution in [3.8, 4) is 11.5 Å². The van der Waals surface area contributed by atoms with Gasteiger partial charge in [-0.1, -0.05) is 28.1 Å². The molecule has 1 aromatic carbocycles. The number of aromatic hydroxyl groups is 2. The molecule has 0 radical (unpaired) electrons. The predicted octanol–water partition coefficient (Wildman–Crippen LogP) is -2.34. The molecule has 6 heterocycles. The Kier molecular flexibility index (Phi) is 11.6. The van der Waals surface area contributed by atoms with Gasteiger partial charge in [-0.15, -0.1) is 11.8 Å². The maximum Gasteiger partial charge on any atom is 1.00 e. The molecule has 0 unspecified atom stereocenters. The molecule has 0 saturated carbocycles. The number of phenolic OH excluding ortho intramolecular Hbond substituents is 2. The van der Waals surface area contributed by atoms with E-state index < -0.39 is 46.1 Å². The Morgan fingerprint density at radius 2 is 1.98 bits per heavy atom. The van der Waals surface area contributed by atoms with Crippen molar-refractivity contribution in [2.75, 3.05) is 37.7 Å². The van der Waals surface area contributed by atoms with Gasteiger partial charge >= 0.3 is 29.6 Å². The number of Topliss-reactive ketones (excluding diaryl/α,β-unsaturated/α-hetero) is 1. The van der Waals surface area contributed by atoms with Crippen molar-refractivity contribution in [1.29, 1.82) is 0 Å². The van der Waals surface area contributed by atoms with Crippen molar-refractivity contribution in [2.24, 2.45) is 11.1 Å². The number of ketones is 1. The summed E-state index contributed by atoms with van der Waals surface area (Å²) in [5, 5.41) is 53.4. The largest absolute Gasteiger partial charge is 1.00 e. The van der Waals surface area contributed by atoms with E-state index in [1.165, 1.54) is 43.9 Å². The van der Waals surface area contributed by atoms with E-state index in [4.69, 9.17) is 22.2 Å². The molecule has 22 heteroatoms. The molecule has 5 N–H and O–H groups in total. The molecule has 0 aliphatic carbocycles. The van der Waals surface area contributed by atoms with Crippen LogP contribution < -0.4 is 50.8 Å². The zero-order valence-electron chi connectivity index (χ0n) is 30.2. The summed E-state index contributed by atoms with van der Waals surface area (Å²) in [6.45, 7) is 5.08. The van der Waals surface area contributed by atoms with E-state index in [1.54, 1.807) is 4.90 Å². The third kappa shape index (κ3) is 7.33. The molecular formula is C33H36ClN10NaO8S2. The predicted molar refractivity (Wildman–Crippen MR) is 193 cm³/mol. The molecule has 2 atom stereocenters. The second-order valence-corrected chi connectivity index (χ2v) is 16.9. The van der Waals surface area contributed by atoms with Gasteiger partial charge in [-0.3, -0.25) is 29.6 Å². The van der Waals surface area contributed by atoms with Crippen LogP contribution in [0.15, 0.2) is 29.1 Å². The quantitative estimate of drug-likeness (QED) is 0.0352. The summed E-state index contributed by atoms with van der Waals surface area (Å²) in [5.74, 6) is -3.90. The number of aromatic nitrogens is 5. The number of oxime groups is 1. The zero-order valence-corrected chi connectivity index (χ0v) is 34.5. The van der Waals surface area contributed by atoms with Crippen molar-refractivity contribution in [3.63, 3.8) is 0 Å². The number of fused-ring (bicyclic) bond motifs is 2. The van der Waals surface area contributed by atoms with Gasteiger partial charge < -0.3 is 45.6 Å². The molecule has 0 spiro atoms. The van der Waals surface area contributed by atoms with Gasteiger partial charge in [0.15, 0.2) is 33.7 Å². The van der Waals surface area contributed by atoms with Crippen LogP contribution in [0.1, 0.15) is 67.0 Å². The number of hydrogen-bond donors (Lipinski definition) is 4. The minimum Gasteiger partial charge on any atom is -0.546 e. The fourth-order valence-corrected chi connectivity index (χ4v) is 10.4. The van der Waals surface area contributed by atoms with Crippen LogP contribution in [0.3, 0.4) is 0 Å². The molecular weight excluding hydrogens is 787 g/mol. The number of anilines is 1. The van der Waals surface area contributed by atoms with E-state index >= 15 is 0 Å². The van der Waals surface area contributed by atoms with Crippen molar-refractivity contribution < 1.29 is 73.4 Å². The number of carbonyl (C=O) groups excluding carboxylic acids is 4. The number of β-lactam (4-membered cyclic amide) rings is 1. The van der Waals surface area contributed by atoms with E-state index in [-0.39, 0.29) is 79.6 Å². The number of thiazole rings is 1. The summed E-state index contributed by atoms with van der Waals surface area (Å²) in [7, 11) is 0. The number of aliphatic carboxylic acids is 1. The van der Waals surface area contributed by atoms with Gasteiger partial charge in [0.05, 0.1) is 63.9 Å². The van der Waals surface area contributed by atoms with Gasteiger partial charge in [-0.2, -0.15) is 5.21 Å². The molecule has 7 rings (SSSR count). The minimum absolute atomic E-state index is 0. The Balaban J connectivity index is 0.00000514. The molecule has 4 aliphatic rings. The van der Waals surface area contributed by atoms with Gasteiger partial charge in [-0.25, -0.2) is 4.98 Å². The maximum absolute atomic E-state index is 14.0. The average molecular weight is 823 g/mol. The first-order valence-corrected chi connectivity index (χ1v) is 19.3. The molecule has 2 amide bonds. The number of hydrogen-bond acceptors (Lipinski definition) is 16. The number of phenols is 2. The van der Waals surface area contributed by atoms with E-state index in [2.05, 4.69) is 36.1 Å². The van der Waals surface area contributed by atoms with Gasteiger partial charge in [0.25, 0.3) is 5.91 Å². The Morgan fingerprint density at radius 3 is 2.62 bits per heavy atom. The fraction of sp³-hybridized carbons (Fsp3) is 0.485. The Bertz CT molecular complexity index is 2080. The first kappa shape index (κ1) is 40.9. The number of benzene rings is 1. The zero-order chi connectivity index (χ0) is 38.6. The van der Waals surface area contributed by atoms with Crippen LogP contribution in [-0.4, -0.2) is 118 Å². The first-order valence-electron chi connectivity index (χ1n) is 17.1. The van der Waals surface area contributed by atoms with Crippen LogP contribution in [0.4, 0.5) is 5.13 Å². The van der Waals surface area contributed by atoms with Gasteiger partial charge in [0.1, 0.15) is 12.1 Å². The molecule has 3 fully saturated rings. The molecule has 286 valence electrons. The van der Waals surface area contributed by atoms with Crippen LogP contribution in [0.25, 0.3) is 5.70 Å². The number of nitrogens with one attached hydrogen (secondary N) is 1. The van der Waals surface area contributed by atoms with Crippen LogP contribution in [0.2, 0.25) is 5.02 Å². The van der Waals surface area contributed by atoms with E-state index in [1.807, 2.05) is 0 Å². The molecule has 2 aromatic heterocycles. The number of nitrogens with two attached hydrogens (primary N) is 1. The fourth-order valence-electron chi connectivity index (χ4n) is 8.03. The number of tetrazole rings is 1. The van der Waals surface area contributed by atoms with Gasteiger partial charge in [-0.05, 0) is 26.0 Å². The van der Waals surface area contributed by atoms with Crippen LogP contribution in [-0.2, 0) is 19.2 Å². The first-order chi connectivity index (χ1) is 25.7.